The molecule has 0 unspecified atom stereocenters. The fraction of sp³-hybridized carbons (Fsp3) is 0.231. The summed E-state index contributed by atoms with van der Waals surface area (Å²) in [6, 6.07) is 7.56. The summed E-state index contributed by atoms with van der Waals surface area (Å²) in [6.07, 6.45) is 3.66. The number of aryl methyl sites for hydroxylation is 1. The molecule has 0 atom stereocenters. The summed E-state index contributed by atoms with van der Waals surface area (Å²) < 4.78 is 1.63. The SMILES string of the molecule is O=C(O)CC(=O)CCc1cccc(-n2ccnn2)c1. The summed E-state index contributed by atoms with van der Waals surface area (Å²) in [6.45, 7) is 0. The van der Waals surface area contributed by atoms with Crippen LogP contribution in [0.1, 0.15) is 18.4 Å². The predicted molar refractivity (Wildman–Crippen MR) is 66.9 cm³/mol. The highest BCUT2D eigenvalue weighted by atomic mass is 16.4. The number of benzene rings is 1. The van der Waals surface area contributed by atoms with Gasteiger partial charge < -0.3 is 5.11 Å². The highest BCUT2D eigenvalue weighted by molar-refractivity contribution is 5.94. The molecular formula is C13H13N3O3. The molecule has 0 aliphatic heterocycles. The van der Waals surface area contributed by atoms with Gasteiger partial charge in [-0.1, -0.05) is 17.3 Å². The van der Waals surface area contributed by atoms with Gasteiger partial charge in [0.1, 0.15) is 12.2 Å². The van der Waals surface area contributed by atoms with E-state index in [1.165, 1.54) is 0 Å². The van der Waals surface area contributed by atoms with Crippen LogP contribution in [-0.2, 0) is 16.0 Å². The molecule has 0 bridgehead atoms. The first kappa shape index (κ1) is 12.9. The van der Waals surface area contributed by atoms with Gasteiger partial charge in [-0.05, 0) is 24.1 Å². The number of aromatic nitrogens is 3. The van der Waals surface area contributed by atoms with Crippen molar-refractivity contribution < 1.29 is 14.7 Å². The zero-order valence-electron chi connectivity index (χ0n) is 10.2. The minimum Gasteiger partial charge on any atom is -0.481 e. The molecule has 0 aliphatic rings. The van der Waals surface area contributed by atoms with E-state index in [1.807, 2.05) is 24.3 Å². The maximum Gasteiger partial charge on any atom is 0.310 e. The molecule has 1 N–H and O–H groups in total. The smallest absolute Gasteiger partial charge is 0.310 e. The van der Waals surface area contributed by atoms with Gasteiger partial charge in [-0.2, -0.15) is 0 Å². The lowest BCUT2D eigenvalue weighted by molar-refractivity contribution is -0.140. The van der Waals surface area contributed by atoms with Gasteiger partial charge in [-0.25, -0.2) is 4.68 Å². The van der Waals surface area contributed by atoms with E-state index < -0.39 is 12.4 Å². The van der Waals surface area contributed by atoms with Crippen LogP contribution in [0.4, 0.5) is 0 Å². The van der Waals surface area contributed by atoms with Crippen molar-refractivity contribution in [2.75, 3.05) is 0 Å². The largest absolute Gasteiger partial charge is 0.481 e. The van der Waals surface area contributed by atoms with E-state index in [4.69, 9.17) is 5.11 Å². The fourth-order valence-corrected chi connectivity index (χ4v) is 1.74. The highest BCUT2D eigenvalue weighted by Crippen LogP contribution is 2.11. The van der Waals surface area contributed by atoms with Crippen molar-refractivity contribution in [2.24, 2.45) is 0 Å². The van der Waals surface area contributed by atoms with Crippen LogP contribution < -0.4 is 0 Å². The summed E-state index contributed by atoms with van der Waals surface area (Å²) in [5.41, 5.74) is 1.83. The standard InChI is InChI=1S/C13H13N3O3/c17-12(9-13(18)19)5-4-10-2-1-3-11(8-10)16-7-6-14-15-16/h1-3,6-8H,4-5,9H2,(H,18,19). The van der Waals surface area contributed by atoms with Crippen LogP contribution in [0, 0.1) is 0 Å². The van der Waals surface area contributed by atoms with Gasteiger partial charge in [0, 0.05) is 6.42 Å². The van der Waals surface area contributed by atoms with Crippen molar-refractivity contribution in [3.8, 4) is 5.69 Å². The molecule has 98 valence electrons. The average Bonchev–Trinajstić information content (AvgIpc) is 2.90. The Bertz CT molecular complexity index is 579. The topological polar surface area (TPSA) is 85.1 Å². The minimum absolute atomic E-state index is 0.229. The molecule has 2 aromatic rings. The first-order chi connectivity index (χ1) is 9.15. The number of carboxylic acids is 1. The van der Waals surface area contributed by atoms with Crippen molar-refractivity contribution in [3.05, 3.63) is 42.2 Å². The molecule has 0 spiro atoms. The lowest BCUT2D eigenvalue weighted by Gasteiger charge is -2.04. The molecule has 0 aliphatic carbocycles. The quantitative estimate of drug-likeness (QED) is 0.789. The second-order valence-electron chi connectivity index (χ2n) is 4.13. The number of carbonyl (C=O) groups is 2. The Balaban J connectivity index is 2.00. The third kappa shape index (κ3) is 3.74. The van der Waals surface area contributed by atoms with Gasteiger partial charge in [-0.15, -0.1) is 5.10 Å². The first-order valence-electron chi connectivity index (χ1n) is 5.84. The Morgan fingerprint density at radius 3 is 2.84 bits per heavy atom. The van der Waals surface area contributed by atoms with E-state index in [9.17, 15) is 9.59 Å². The third-order valence-corrected chi connectivity index (χ3v) is 2.64. The maximum absolute atomic E-state index is 11.3. The normalized spacial score (nSPS) is 10.3. The summed E-state index contributed by atoms with van der Waals surface area (Å²) in [5, 5.41) is 16.1. The van der Waals surface area contributed by atoms with E-state index in [1.54, 1.807) is 17.1 Å². The summed E-state index contributed by atoms with van der Waals surface area (Å²) in [4.78, 5) is 21.7. The van der Waals surface area contributed by atoms with E-state index in [0.29, 0.717) is 6.42 Å². The summed E-state index contributed by atoms with van der Waals surface area (Å²) >= 11 is 0. The third-order valence-electron chi connectivity index (χ3n) is 2.64. The van der Waals surface area contributed by atoms with Gasteiger partial charge >= 0.3 is 5.97 Å². The zero-order valence-corrected chi connectivity index (χ0v) is 10.2. The summed E-state index contributed by atoms with van der Waals surface area (Å²) in [5.74, 6) is -1.35. The van der Waals surface area contributed by atoms with Crippen LogP contribution in [0.15, 0.2) is 36.7 Å². The van der Waals surface area contributed by atoms with Gasteiger partial charge in [0.15, 0.2) is 0 Å². The average molecular weight is 259 g/mol. The summed E-state index contributed by atoms with van der Waals surface area (Å²) in [7, 11) is 0. The van der Waals surface area contributed by atoms with E-state index in [-0.39, 0.29) is 12.2 Å². The number of nitrogens with zero attached hydrogens (tertiary/aromatic N) is 3. The number of Topliss-reactive ketones (excluding diaryl/α,β-unsaturated/α-hetero) is 1. The molecule has 2 rings (SSSR count). The number of hydrogen-bond acceptors (Lipinski definition) is 4. The molecule has 19 heavy (non-hydrogen) atoms. The van der Waals surface area contributed by atoms with Gasteiger partial charge in [0.05, 0.1) is 18.1 Å². The second kappa shape index (κ2) is 5.90. The zero-order chi connectivity index (χ0) is 13.7. The van der Waals surface area contributed by atoms with Crippen LogP contribution in [0.5, 0.6) is 0 Å². The molecule has 6 nitrogen and oxygen atoms in total. The van der Waals surface area contributed by atoms with Gasteiger partial charge in [-0.3, -0.25) is 9.59 Å². The number of carboxylic acid groups (broad SMARTS) is 1. The molecular weight excluding hydrogens is 246 g/mol. The van der Waals surface area contributed by atoms with Crippen molar-refractivity contribution >= 4 is 11.8 Å². The maximum atomic E-state index is 11.3. The molecule has 0 saturated carbocycles. The number of rotatable bonds is 6. The van der Waals surface area contributed by atoms with Crippen molar-refractivity contribution in [3.63, 3.8) is 0 Å². The van der Waals surface area contributed by atoms with Gasteiger partial charge in [0.25, 0.3) is 0 Å². The Hall–Kier alpha value is -2.50. The van der Waals surface area contributed by atoms with Crippen LogP contribution in [0.2, 0.25) is 0 Å². The first-order valence-corrected chi connectivity index (χ1v) is 5.84. The monoisotopic (exact) mass is 259 g/mol. The predicted octanol–water partition coefficient (Wildman–Crippen LogP) is 1.24. The number of carbonyl (C=O) groups excluding carboxylic acids is 1. The lowest BCUT2D eigenvalue weighted by Crippen LogP contribution is -2.07. The van der Waals surface area contributed by atoms with Crippen molar-refractivity contribution in [1.29, 1.82) is 0 Å². The molecule has 0 radical (unpaired) electrons. The van der Waals surface area contributed by atoms with E-state index in [0.717, 1.165) is 11.3 Å². The van der Waals surface area contributed by atoms with Gasteiger partial charge in [0.2, 0.25) is 0 Å². The Morgan fingerprint density at radius 1 is 1.32 bits per heavy atom. The van der Waals surface area contributed by atoms with E-state index >= 15 is 0 Å². The second-order valence-corrected chi connectivity index (χ2v) is 4.13. The lowest BCUT2D eigenvalue weighted by atomic mass is 10.1. The van der Waals surface area contributed by atoms with E-state index in [2.05, 4.69) is 10.3 Å². The fourth-order valence-electron chi connectivity index (χ4n) is 1.74. The molecule has 1 heterocycles. The van der Waals surface area contributed by atoms with Crippen LogP contribution in [0.3, 0.4) is 0 Å². The Kier molecular flexibility index (Phi) is 4.02. The Morgan fingerprint density at radius 2 is 2.16 bits per heavy atom. The molecule has 1 aromatic carbocycles. The van der Waals surface area contributed by atoms with Crippen molar-refractivity contribution in [2.45, 2.75) is 19.3 Å². The van der Waals surface area contributed by atoms with Crippen molar-refractivity contribution in [1.82, 2.24) is 15.0 Å². The highest BCUT2D eigenvalue weighted by Gasteiger charge is 2.08. The number of ketones is 1. The number of hydrogen-bond donors (Lipinski definition) is 1. The van der Waals surface area contributed by atoms with Crippen LogP contribution in [0.25, 0.3) is 5.69 Å². The Labute approximate surface area is 109 Å². The molecule has 0 amide bonds. The molecule has 6 heteroatoms. The minimum atomic E-state index is -1.08. The molecule has 1 aromatic heterocycles. The van der Waals surface area contributed by atoms with Crippen LogP contribution in [-0.4, -0.2) is 31.9 Å². The molecule has 0 saturated heterocycles. The number of aliphatic carboxylic acids is 1. The molecule has 0 fully saturated rings. The van der Waals surface area contributed by atoms with Crippen LogP contribution >= 0.6 is 0 Å².